The van der Waals surface area contributed by atoms with Crippen LogP contribution in [0.1, 0.15) is 22.4 Å². The number of aromatic nitrogens is 1. The van der Waals surface area contributed by atoms with E-state index in [2.05, 4.69) is 10.3 Å². The molecule has 0 atom stereocenters. The Bertz CT molecular complexity index is 621. The van der Waals surface area contributed by atoms with E-state index >= 15 is 0 Å². The van der Waals surface area contributed by atoms with Crippen LogP contribution in [0, 0.1) is 25.2 Å². The largest absolute Gasteiger partial charge is 0.340 e. The SMILES string of the molecule is Cc1[nH]c(=O)c(C#N)c(C)c1CC(=O)N1CCNCC1. The second kappa shape index (κ2) is 5.88. The monoisotopic (exact) mass is 274 g/mol. The van der Waals surface area contributed by atoms with Crippen LogP contribution in [0.15, 0.2) is 4.79 Å². The number of H-pyrrole nitrogens is 1. The third-order valence-electron chi connectivity index (χ3n) is 3.72. The van der Waals surface area contributed by atoms with Crippen LogP contribution in [0.2, 0.25) is 0 Å². The smallest absolute Gasteiger partial charge is 0.266 e. The van der Waals surface area contributed by atoms with Gasteiger partial charge < -0.3 is 15.2 Å². The predicted molar refractivity (Wildman–Crippen MR) is 74.4 cm³/mol. The Morgan fingerprint density at radius 1 is 1.35 bits per heavy atom. The van der Waals surface area contributed by atoms with Crippen LogP contribution in [-0.4, -0.2) is 42.0 Å². The van der Waals surface area contributed by atoms with Crippen molar-refractivity contribution < 1.29 is 4.79 Å². The number of nitriles is 1. The van der Waals surface area contributed by atoms with Gasteiger partial charge in [-0.1, -0.05) is 0 Å². The van der Waals surface area contributed by atoms with Crippen LogP contribution in [0.3, 0.4) is 0 Å². The summed E-state index contributed by atoms with van der Waals surface area (Å²) < 4.78 is 0. The normalized spacial score (nSPS) is 14.9. The number of pyridine rings is 1. The zero-order chi connectivity index (χ0) is 14.7. The summed E-state index contributed by atoms with van der Waals surface area (Å²) in [6.45, 7) is 6.49. The number of rotatable bonds is 2. The molecule has 0 unspecified atom stereocenters. The average Bonchev–Trinajstić information content (AvgIpc) is 2.44. The van der Waals surface area contributed by atoms with E-state index in [0.717, 1.165) is 18.7 Å². The molecule has 20 heavy (non-hydrogen) atoms. The molecule has 2 rings (SSSR count). The molecule has 0 bridgehead atoms. The first-order chi connectivity index (χ1) is 9.54. The van der Waals surface area contributed by atoms with E-state index in [1.165, 1.54) is 0 Å². The minimum absolute atomic E-state index is 0.0358. The second-order valence-electron chi connectivity index (χ2n) is 4.98. The summed E-state index contributed by atoms with van der Waals surface area (Å²) in [6.07, 6.45) is 0.225. The maximum atomic E-state index is 12.3. The van der Waals surface area contributed by atoms with Crippen molar-refractivity contribution in [2.75, 3.05) is 26.2 Å². The van der Waals surface area contributed by atoms with Gasteiger partial charge in [-0.25, -0.2) is 0 Å². The predicted octanol–water partition coefficient (Wildman–Crippen LogP) is -0.162. The highest BCUT2D eigenvalue weighted by Crippen LogP contribution is 2.14. The van der Waals surface area contributed by atoms with Crippen molar-refractivity contribution in [3.63, 3.8) is 0 Å². The number of aromatic amines is 1. The molecule has 2 heterocycles. The standard InChI is InChI=1S/C14H18N4O2/c1-9-11(10(2)17-14(20)12(9)8-15)7-13(19)18-5-3-16-4-6-18/h16H,3-7H2,1-2H3,(H,17,20). The van der Waals surface area contributed by atoms with Gasteiger partial charge in [-0.2, -0.15) is 5.26 Å². The van der Waals surface area contributed by atoms with Crippen molar-refractivity contribution in [2.45, 2.75) is 20.3 Å². The van der Waals surface area contributed by atoms with Gasteiger partial charge in [0.05, 0.1) is 6.42 Å². The van der Waals surface area contributed by atoms with Gasteiger partial charge in [-0.05, 0) is 25.0 Å². The topological polar surface area (TPSA) is 89.0 Å². The molecule has 0 spiro atoms. The highest BCUT2D eigenvalue weighted by atomic mass is 16.2. The summed E-state index contributed by atoms with van der Waals surface area (Å²) in [5, 5.41) is 12.2. The van der Waals surface area contributed by atoms with Gasteiger partial charge in [0.25, 0.3) is 5.56 Å². The Labute approximate surface area is 117 Å². The number of hydrogen-bond acceptors (Lipinski definition) is 4. The molecule has 0 radical (unpaired) electrons. The molecule has 0 saturated carbocycles. The number of hydrogen-bond donors (Lipinski definition) is 2. The second-order valence-corrected chi connectivity index (χ2v) is 4.98. The summed E-state index contributed by atoms with van der Waals surface area (Å²) in [6, 6.07) is 1.91. The molecule has 0 aliphatic carbocycles. The molecule has 1 saturated heterocycles. The van der Waals surface area contributed by atoms with E-state index in [1.807, 2.05) is 11.0 Å². The lowest BCUT2D eigenvalue weighted by Gasteiger charge is -2.28. The Kier molecular flexibility index (Phi) is 4.20. The lowest BCUT2D eigenvalue weighted by atomic mass is 10.00. The minimum atomic E-state index is -0.388. The van der Waals surface area contributed by atoms with Gasteiger partial charge in [0.15, 0.2) is 0 Å². The maximum absolute atomic E-state index is 12.3. The number of aryl methyl sites for hydroxylation is 1. The molecule has 0 aromatic carbocycles. The van der Waals surface area contributed by atoms with Crippen LogP contribution in [0.5, 0.6) is 0 Å². The van der Waals surface area contributed by atoms with E-state index in [0.29, 0.717) is 24.3 Å². The van der Waals surface area contributed by atoms with E-state index in [1.54, 1.807) is 13.8 Å². The van der Waals surface area contributed by atoms with Crippen LogP contribution >= 0.6 is 0 Å². The zero-order valence-electron chi connectivity index (χ0n) is 11.7. The lowest BCUT2D eigenvalue weighted by Crippen LogP contribution is -2.47. The van der Waals surface area contributed by atoms with Gasteiger partial charge >= 0.3 is 0 Å². The fourth-order valence-corrected chi connectivity index (χ4v) is 2.49. The molecule has 106 valence electrons. The first-order valence-corrected chi connectivity index (χ1v) is 6.65. The van der Waals surface area contributed by atoms with Crippen molar-refractivity contribution in [3.8, 4) is 6.07 Å². The van der Waals surface area contributed by atoms with Gasteiger partial charge in [0, 0.05) is 31.9 Å². The van der Waals surface area contributed by atoms with Crippen molar-refractivity contribution in [1.29, 1.82) is 5.26 Å². The number of amides is 1. The fraction of sp³-hybridized carbons (Fsp3) is 0.500. The van der Waals surface area contributed by atoms with Crippen molar-refractivity contribution in [1.82, 2.24) is 15.2 Å². The maximum Gasteiger partial charge on any atom is 0.266 e. The first-order valence-electron chi connectivity index (χ1n) is 6.65. The minimum Gasteiger partial charge on any atom is -0.340 e. The number of carbonyl (C=O) groups is 1. The van der Waals surface area contributed by atoms with Gasteiger partial charge in [0.1, 0.15) is 11.6 Å². The van der Waals surface area contributed by atoms with Crippen LogP contribution < -0.4 is 10.9 Å². The van der Waals surface area contributed by atoms with E-state index in [4.69, 9.17) is 5.26 Å². The zero-order valence-corrected chi connectivity index (χ0v) is 11.7. The summed E-state index contributed by atoms with van der Waals surface area (Å²) >= 11 is 0. The molecule has 1 aromatic heterocycles. The first kappa shape index (κ1) is 14.3. The highest BCUT2D eigenvalue weighted by Gasteiger charge is 2.20. The van der Waals surface area contributed by atoms with E-state index in [-0.39, 0.29) is 23.5 Å². The van der Waals surface area contributed by atoms with Crippen LogP contribution in [0.25, 0.3) is 0 Å². The number of nitrogens with zero attached hydrogens (tertiary/aromatic N) is 2. The number of carbonyl (C=O) groups excluding carboxylic acids is 1. The molecule has 6 heteroatoms. The summed E-state index contributed by atoms with van der Waals surface area (Å²) in [7, 11) is 0. The van der Waals surface area contributed by atoms with Gasteiger partial charge in [-0.3, -0.25) is 9.59 Å². The highest BCUT2D eigenvalue weighted by molar-refractivity contribution is 5.79. The molecule has 1 amide bonds. The molecular weight excluding hydrogens is 256 g/mol. The van der Waals surface area contributed by atoms with Gasteiger partial charge in [0.2, 0.25) is 5.91 Å². The summed E-state index contributed by atoms with van der Waals surface area (Å²) in [5.74, 6) is 0.0358. The Morgan fingerprint density at radius 3 is 2.60 bits per heavy atom. The van der Waals surface area contributed by atoms with Crippen LogP contribution in [0.4, 0.5) is 0 Å². The summed E-state index contributed by atoms with van der Waals surface area (Å²) in [5.41, 5.74) is 1.73. The lowest BCUT2D eigenvalue weighted by molar-refractivity contribution is -0.131. The fourth-order valence-electron chi connectivity index (χ4n) is 2.49. The number of nitrogens with one attached hydrogen (secondary N) is 2. The number of piperazine rings is 1. The third kappa shape index (κ3) is 2.73. The molecule has 6 nitrogen and oxygen atoms in total. The van der Waals surface area contributed by atoms with E-state index in [9.17, 15) is 9.59 Å². The quantitative estimate of drug-likeness (QED) is 0.784. The molecule has 1 aliphatic rings. The molecule has 1 aromatic rings. The van der Waals surface area contributed by atoms with Crippen molar-refractivity contribution in [3.05, 3.63) is 32.7 Å². The van der Waals surface area contributed by atoms with Gasteiger partial charge in [-0.15, -0.1) is 0 Å². The summed E-state index contributed by atoms with van der Waals surface area (Å²) in [4.78, 5) is 28.4. The van der Waals surface area contributed by atoms with Crippen LogP contribution in [-0.2, 0) is 11.2 Å². The average molecular weight is 274 g/mol. The Morgan fingerprint density at radius 2 is 2.00 bits per heavy atom. The Hall–Kier alpha value is -2.13. The molecule has 1 aliphatic heterocycles. The molecule has 1 fully saturated rings. The van der Waals surface area contributed by atoms with E-state index < -0.39 is 0 Å². The Balaban J connectivity index is 2.27. The van der Waals surface area contributed by atoms with Crippen molar-refractivity contribution >= 4 is 5.91 Å². The van der Waals surface area contributed by atoms with Crippen molar-refractivity contribution in [2.24, 2.45) is 0 Å². The molecule has 2 N–H and O–H groups in total. The third-order valence-corrected chi connectivity index (χ3v) is 3.72. The molecular formula is C14H18N4O2.